The van der Waals surface area contributed by atoms with Gasteiger partial charge in [-0.1, -0.05) is 13.8 Å². The first-order valence-corrected chi connectivity index (χ1v) is 5.46. The van der Waals surface area contributed by atoms with Crippen molar-refractivity contribution in [1.82, 2.24) is 15.3 Å². The molecule has 0 aromatic carbocycles. The fraction of sp³-hybridized carbons (Fsp3) is 0.545. The van der Waals surface area contributed by atoms with Gasteiger partial charge in [0.15, 0.2) is 0 Å². The highest BCUT2D eigenvalue weighted by Crippen LogP contribution is 2.09. The number of aromatic nitrogens is 2. The van der Waals surface area contributed by atoms with Crippen molar-refractivity contribution in [2.75, 3.05) is 5.73 Å². The maximum atomic E-state index is 11.0. The van der Waals surface area contributed by atoms with Crippen LogP contribution in [0.1, 0.15) is 25.2 Å². The number of carbonyl (C=O) groups is 1. The summed E-state index contributed by atoms with van der Waals surface area (Å²) in [5.41, 5.74) is 6.43. The van der Waals surface area contributed by atoms with Crippen LogP contribution in [0.4, 0.5) is 5.82 Å². The molecule has 0 aliphatic heterocycles. The number of hydrogen-bond acceptors (Lipinski definition) is 5. The molecule has 1 rings (SSSR count). The summed E-state index contributed by atoms with van der Waals surface area (Å²) in [6.45, 7) is 5.80. The standard InChI is InChI=1S/C11H18N4O2/c1-6(2)9(11(16)17)14-5-8-4-13-7(3)15-10(8)12/h4,6,9,14H,5H2,1-3H3,(H,16,17)(H2,12,13,15). The first-order chi connectivity index (χ1) is 7.91. The number of nitrogens with one attached hydrogen (secondary N) is 1. The third-order valence-electron chi connectivity index (χ3n) is 2.46. The van der Waals surface area contributed by atoms with Crippen LogP contribution in [0.3, 0.4) is 0 Å². The Morgan fingerprint density at radius 1 is 1.59 bits per heavy atom. The van der Waals surface area contributed by atoms with Gasteiger partial charge in [0.1, 0.15) is 17.7 Å². The Balaban J connectivity index is 2.69. The quantitative estimate of drug-likeness (QED) is 0.693. The minimum Gasteiger partial charge on any atom is -0.480 e. The normalized spacial score (nSPS) is 12.7. The molecule has 0 saturated carbocycles. The molecule has 0 radical (unpaired) electrons. The van der Waals surface area contributed by atoms with Gasteiger partial charge in [0.25, 0.3) is 0 Å². The molecule has 6 heteroatoms. The fourth-order valence-corrected chi connectivity index (χ4v) is 1.48. The number of nitrogens with zero attached hydrogens (tertiary/aromatic N) is 2. The fourth-order valence-electron chi connectivity index (χ4n) is 1.48. The van der Waals surface area contributed by atoms with E-state index in [0.29, 0.717) is 23.8 Å². The SMILES string of the molecule is Cc1ncc(CNC(C(=O)O)C(C)C)c(N)n1. The highest BCUT2D eigenvalue weighted by molar-refractivity contribution is 5.73. The van der Waals surface area contributed by atoms with Gasteiger partial charge >= 0.3 is 5.97 Å². The number of nitrogen functional groups attached to an aromatic ring is 1. The Hall–Kier alpha value is -1.69. The Morgan fingerprint density at radius 3 is 2.71 bits per heavy atom. The predicted molar refractivity (Wildman–Crippen MR) is 64.3 cm³/mol. The molecule has 17 heavy (non-hydrogen) atoms. The minimum absolute atomic E-state index is 0.0000845. The molecular formula is C11H18N4O2. The van der Waals surface area contributed by atoms with Gasteiger partial charge in [-0.3, -0.25) is 10.1 Å². The van der Waals surface area contributed by atoms with E-state index < -0.39 is 12.0 Å². The van der Waals surface area contributed by atoms with E-state index in [9.17, 15) is 4.79 Å². The Morgan fingerprint density at radius 2 is 2.24 bits per heavy atom. The number of aryl methyl sites for hydroxylation is 1. The number of carboxylic acids is 1. The molecule has 1 unspecified atom stereocenters. The van der Waals surface area contributed by atoms with Gasteiger partial charge < -0.3 is 10.8 Å². The van der Waals surface area contributed by atoms with E-state index >= 15 is 0 Å². The van der Waals surface area contributed by atoms with Crippen molar-refractivity contribution in [3.8, 4) is 0 Å². The lowest BCUT2D eigenvalue weighted by Gasteiger charge is -2.18. The summed E-state index contributed by atoms with van der Waals surface area (Å²) in [6, 6.07) is -0.601. The molecule has 0 fully saturated rings. The molecule has 4 N–H and O–H groups in total. The van der Waals surface area contributed by atoms with E-state index in [2.05, 4.69) is 15.3 Å². The Bertz CT molecular complexity index is 406. The summed E-state index contributed by atoms with van der Waals surface area (Å²) in [5, 5.41) is 11.9. The summed E-state index contributed by atoms with van der Waals surface area (Å²) < 4.78 is 0. The molecule has 0 saturated heterocycles. The lowest BCUT2D eigenvalue weighted by atomic mass is 10.0. The van der Waals surface area contributed by atoms with Gasteiger partial charge in [0, 0.05) is 18.3 Å². The van der Waals surface area contributed by atoms with E-state index in [1.165, 1.54) is 0 Å². The molecule has 0 aliphatic carbocycles. The van der Waals surface area contributed by atoms with Crippen LogP contribution in [0.2, 0.25) is 0 Å². The highest BCUT2D eigenvalue weighted by atomic mass is 16.4. The maximum absolute atomic E-state index is 11.0. The number of carboxylic acid groups (broad SMARTS) is 1. The van der Waals surface area contributed by atoms with Crippen LogP contribution in [0.15, 0.2) is 6.20 Å². The van der Waals surface area contributed by atoms with Crippen molar-refractivity contribution in [2.24, 2.45) is 5.92 Å². The van der Waals surface area contributed by atoms with Crippen molar-refractivity contribution >= 4 is 11.8 Å². The number of nitrogens with two attached hydrogens (primary N) is 1. The first kappa shape index (κ1) is 13.4. The zero-order valence-electron chi connectivity index (χ0n) is 10.3. The summed E-state index contributed by atoms with van der Waals surface area (Å²) in [7, 11) is 0. The lowest BCUT2D eigenvalue weighted by molar-refractivity contribution is -0.140. The van der Waals surface area contributed by atoms with Gasteiger partial charge in [0.2, 0.25) is 0 Å². The van der Waals surface area contributed by atoms with E-state index in [4.69, 9.17) is 10.8 Å². The smallest absolute Gasteiger partial charge is 0.320 e. The van der Waals surface area contributed by atoms with Crippen molar-refractivity contribution in [2.45, 2.75) is 33.4 Å². The molecule has 0 amide bonds. The molecule has 1 heterocycles. The molecule has 6 nitrogen and oxygen atoms in total. The molecule has 0 aliphatic rings. The molecule has 0 spiro atoms. The summed E-state index contributed by atoms with van der Waals surface area (Å²) in [6.07, 6.45) is 1.61. The monoisotopic (exact) mass is 238 g/mol. The van der Waals surface area contributed by atoms with Gasteiger partial charge in [-0.05, 0) is 12.8 Å². The number of hydrogen-bond donors (Lipinski definition) is 3. The second-order valence-corrected chi connectivity index (χ2v) is 4.27. The van der Waals surface area contributed by atoms with Crippen LogP contribution in [0.5, 0.6) is 0 Å². The second kappa shape index (κ2) is 5.58. The second-order valence-electron chi connectivity index (χ2n) is 4.27. The number of rotatable bonds is 5. The zero-order valence-corrected chi connectivity index (χ0v) is 10.3. The highest BCUT2D eigenvalue weighted by Gasteiger charge is 2.20. The zero-order chi connectivity index (χ0) is 13.0. The number of anilines is 1. The van der Waals surface area contributed by atoms with Crippen LogP contribution >= 0.6 is 0 Å². The first-order valence-electron chi connectivity index (χ1n) is 5.46. The van der Waals surface area contributed by atoms with E-state index in [1.54, 1.807) is 13.1 Å². The van der Waals surface area contributed by atoms with Gasteiger partial charge in [0.05, 0.1) is 0 Å². The van der Waals surface area contributed by atoms with Crippen LogP contribution in [0, 0.1) is 12.8 Å². The van der Waals surface area contributed by atoms with Gasteiger partial charge in [-0.15, -0.1) is 0 Å². The lowest BCUT2D eigenvalue weighted by Crippen LogP contribution is -2.40. The van der Waals surface area contributed by atoms with E-state index in [1.807, 2.05) is 13.8 Å². The van der Waals surface area contributed by atoms with Crippen LogP contribution in [0.25, 0.3) is 0 Å². The molecule has 0 bridgehead atoms. The van der Waals surface area contributed by atoms with Crippen LogP contribution < -0.4 is 11.1 Å². The largest absolute Gasteiger partial charge is 0.480 e. The summed E-state index contributed by atoms with van der Waals surface area (Å²) >= 11 is 0. The van der Waals surface area contributed by atoms with E-state index in [-0.39, 0.29) is 5.92 Å². The van der Waals surface area contributed by atoms with Crippen molar-refractivity contribution in [3.63, 3.8) is 0 Å². The molecule has 1 aromatic heterocycles. The van der Waals surface area contributed by atoms with Gasteiger partial charge in [-0.2, -0.15) is 0 Å². The Labute approximate surface area is 100 Å². The number of aliphatic carboxylic acids is 1. The summed E-state index contributed by atoms with van der Waals surface area (Å²) in [5.74, 6) is 0.120. The predicted octanol–water partition coefficient (Wildman–Crippen LogP) is 0.566. The maximum Gasteiger partial charge on any atom is 0.320 e. The third kappa shape index (κ3) is 3.67. The molecule has 1 aromatic rings. The molecule has 94 valence electrons. The van der Waals surface area contributed by atoms with Gasteiger partial charge in [-0.25, -0.2) is 9.97 Å². The molecule has 1 atom stereocenters. The van der Waals surface area contributed by atoms with Crippen LogP contribution in [-0.4, -0.2) is 27.1 Å². The summed E-state index contributed by atoms with van der Waals surface area (Å²) in [4.78, 5) is 19.0. The van der Waals surface area contributed by atoms with Crippen LogP contribution in [-0.2, 0) is 11.3 Å². The minimum atomic E-state index is -0.869. The average molecular weight is 238 g/mol. The van der Waals surface area contributed by atoms with Crippen molar-refractivity contribution < 1.29 is 9.90 Å². The van der Waals surface area contributed by atoms with Crippen molar-refractivity contribution in [3.05, 3.63) is 17.6 Å². The van der Waals surface area contributed by atoms with E-state index in [0.717, 1.165) is 0 Å². The third-order valence-corrected chi connectivity index (χ3v) is 2.46. The Kier molecular flexibility index (Phi) is 4.39. The topological polar surface area (TPSA) is 101 Å². The average Bonchev–Trinajstić information content (AvgIpc) is 2.20. The molecular weight excluding hydrogens is 220 g/mol. The van der Waals surface area contributed by atoms with Crippen molar-refractivity contribution in [1.29, 1.82) is 0 Å².